The van der Waals surface area contributed by atoms with Gasteiger partial charge in [0.15, 0.2) is 0 Å². The van der Waals surface area contributed by atoms with Gasteiger partial charge in [-0.05, 0) is 36.6 Å². The molecule has 1 aromatic heterocycles. The third kappa shape index (κ3) is 6.44. The van der Waals surface area contributed by atoms with Crippen LogP contribution < -0.4 is 10.1 Å². The smallest absolute Gasteiger partial charge is 0.414 e. The number of aliphatic carboxylic acids is 1. The second-order valence-corrected chi connectivity index (χ2v) is 12.1. The maximum absolute atomic E-state index is 13.1. The lowest BCUT2D eigenvalue weighted by molar-refractivity contribution is -0.142. The predicted octanol–water partition coefficient (Wildman–Crippen LogP) is 3.08. The number of thiophene rings is 1. The second kappa shape index (κ2) is 11.1. The Morgan fingerprint density at radius 3 is 2.46 bits per heavy atom. The van der Waals surface area contributed by atoms with Gasteiger partial charge in [-0.2, -0.15) is 4.31 Å². The second-order valence-electron chi connectivity index (χ2n) is 7.97. The van der Waals surface area contributed by atoms with Crippen LogP contribution in [0, 0.1) is 0 Å². The summed E-state index contributed by atoms with van der Waals surface area (Å²) in [4.78, 5) is 37.5. The fourth-order valence-electron chi connectivity index (χ4n) is 3.51. The van der Waals surface area contributed by atoms with Crippen LogP contribution in [0.15, 0.2) is 35.2 Å². The lowest BCUT2D eigenvalue weighted by Gasteiger charge is -2.25. The van der Waals surface area contributed by atoms with E-state index in [2.05, 4.69) is 5.32 Å². The molecule has 2 heterocycles. The molecule has 35 heavy (non-hydrogen) atoms. The Bertz CT molecular complexity index is 1220. The van der Waals surface area contributed by atoms with Gasteiger partial charge in [0, 0.05) is 27.1 Å². The molecule has 0 aliphatic carbocycles. The number of rotatable bonds is 8. The molecular formula is C21H23Cl2N3O7S2. The standard InChI is InChI=1S/C21H23Cl2N3O7S2/c1-25(2)21(30)33-13-7-5-12(6-8-13)10-14(20(28)29)24-19(27)15-4-3-9-26(15)35(31,32)16-11-17(22)34-18(16)23/h5-8,11,14-15H,3-4,9-10H2,1-2H3,(H,24,27)(H,28,29)/t14-,15-/m0/s1. The molecule has 2 atom stereocenters. The number of benzene rings is 1. The number of ether oxygens (including phenoxy) is 1. The molecule has 0 bridgehead atoms. The molecule has 0 radical (unpaired) electrons. The Hall–Kier alpha value is -2.38. The topological polar surface area (TPSA) is 133 Å². The minimum Gasteiger partial charge on any atom is -0.480 e. The van der Waals surface area contributed by atoms with Crippen LogP contribution in [0.3, 0.4) is 0 Å². The predicted molar refractivity (Wildman–Crippen MR) is 131 cm³/mol. The van der Waals surface area contributed by atoms with Crippen molar-refractivity contribution < 1.29 is 32.6 Å². The van der Waals surface area contributed by atoms with Gasteiger partial charge in [-0.3, -0.25) is 4.79 Å². The highest BCUT2D eigenvalue weighted by molar-refractivity contribution is 7.89. The highest BCUT2D eigenvalue weighted by Gasteiger charge is 2.41. The van der Waals surface area contributed by atoms with E-state index in [0.29, 0.717) is 12.0 Å². The van der Waals surface area contributed by atoms with Gasteiger partial charge < -0.3 is 20.1 Å². The summed E-state index contributed by atoms with van der Waals surface area (Å²) in [5.74, 6) is -1.71. The third-order valence-electron chi connectivity index (χ3n) is 5.27. The number of carboxylic acid groups (broad SMARTS) is 1. The maximum Gasteiger partial charge on any atom is 0.414 e. The SMILES string of the molecule is CN(C)C(=O)Oc1ccc(C[C@H](NC(=O)[C@@H]2CCCN2S(=O)(=O)c2cc(Cl)sc2Cl)C(=O)O)cc1. The van der Waals surface area contributed by atoms with E-state index >= 15 is 0 Å². The van der Waals surface area contributed by atoms with E-state index in [0.717, 1.165) is 15.6 Å². The fourth-order valence-corrected chi connectivity index (χ4v) is 7.28. The van der Waals surface area contributed by atoms with Gasteiger partial charge in [0.2, 0.25) is 15.9 Å². The van der Waals surface area contributed by atoms with Crippen molar-refractivity contribution in [2.75, 3.05) is 20.6 Å². The zero-order valence-corrected chi connectivity index (χ0v) is 21.9. The largest absolute Gasteiger partial charge is 0.480 e. The number of carbonyl (C=O) groups excluding carboxylic acids is 2. The molecule has 1 saturated heterocycles. The number of nitrogens with zero attached hydrogens (tertiary/aromatic N) is 2. The van der Waals surface area contributed by atoms with Crippen molar-refractivity contribution in [3.8, 4) is 5.75 Å². The van der Waals surface area contributed by atoms with E-state index in [4.69, 9.17) is 27.9 Å². The fraction of sp³-hybridized carbons (Fsp3) is 0.381. The number of halogens is 2. The van der Waals surface area contributed by atoms with Crippen molar-refractivity contribution in [3.05, 3.63) is 44.6 Å². The van der Waals surface area contributed by atoms with E-state index in [9.17, 15) is 27.9 Å². The van der Waals surface area contributed by atoms with Crippen molar-refractivity contribution >= 4 is 62.5 Å². The van der Waals surface area contributed by atoms with Crippen LogP contribution in [0.1, 0.15) is 18.4 Å². The highest BCUT2D eigenvalue weighted by atomic mass is 35.5. The number of hydrogen-bond donors (Lipinski definition) is 2. The molecule has 190 valence electrons. The molecule has 2 N–H and O–H groups in total. The van der Waals surface area contributed by atoms with Gasteiger partial charge in [0.05, 0.1) is 4.34 Å². The maximum atomic E-state index is 13.1. The van der Waals surface area contributed by atoms with Gasteiger partial charge >= 0.3 is 12.1 Å². The van der Waals surface area contributed by atoms with Crippen LogP contribution in [0.2, 0.25) is 8.67 Å². The summed E-state index contributed by atoms with van der Waals surface area (Å²) >= 11 is 12.8. The van der Waals surface area contributed by atoms with Crippen molar-refractivity contribution in [2.45, 2.75) is 36.2 Å². The summed E-state index contributed by atoms with van der Waals surface area (Å²) in [6.45, 7) is 0.0923. The highest BCUT2D eigenvalue weighted by Crippen LogP contribution is 2.37. The molecule has 2 amide bonds. The molecular weight excluding hydrogens is 541 g/mol. The van der Waals surface area contributed by atoms with Gasteiger partial charge in [-0.1, -0.05) is 35.3 Å². The normalized spacial score (nSPS) is 17.1. The molecule has 1 aliphatic heterocycles. The Morgan fingerprint density at radius 1 is 1.26 bits per heavy atom. The Balaban J connectivity index is 1.71. The van der Waals surface area contributed by atoms with Crippen molar-refractivity contribution in [3.63, 3.8) is 0 Å². The van der Waals surface area contributed by atoms with Gasteiger partial charge in [0.1, 0.15) is 27.1 Å². The molecule has 2 aromatic rings. The first-order valence-corrected chi connectivity index (χ1v) is 13.4. The van der Waals surface area contributed by atoms with Crippen LogP contribution in [-0.2, 0) is 26.0 Å². The van der Waals surface area contributed by atoms with Crippen molar-refractivity contribution in [2.24, 2.45) is 0 Å². The molecule has 14 heteroatoms. The van der Waals surface area contributed by atoms with E-state index < -0.39 is 40.1 Å². The summed E-state index contributed by atoms with van der Waals surface area (Å²) in [7, 11) is -1.03. The lowest BCUT2D eigenvalue weighted by atomic mass is 10.1. The van der Waals surface area contributed by atoms with Crippen LogP contribution in [0.25, 0.3) is 0 Å². The zero-order valence-electron chi connectivity index (χ0n) is 18.7. The number of carboxylic acids is 1. The Morgan fingerprint density at radius 2 is 1.91 bits per heavy atom. The lowest BCUT2D eigenvalue weighted by Crippen LogP contribution is -2.51. The summed E-state index contributed by atoms with van der Waals surface area (Å²) in [5, 5.41) is 12.1. The molecule has 1 aromatic carbocycles. The molecule has 0 spiro atoms. The third-order valence-corrected chi connectivity index (χ3v) is 8.93. The minimum atomic E-state index is -4.10. The molecule has 0 unspecified atom stereocenters. The molecule has 1 aliphatic rings. The number of sulfonamides is 1. The van der Waals surface area contributed by atoms with Crippen molar-refractivity contribution in [1.29, 1.82) is 0 Å². The Labute approximate surface area is 216 Å². The quantitative estimate of drug-likeness (QED) is 0.504. The number of carbonyl (C=O) groups is 3. The first kappa shape index (κ1) is 27.2. The monoisotopic (exact) mass is 563 g/mol. The Kier molecular flexibility index (Phi) is 8.65. The van der Waals surface area contributed by atoms with Crippen LogP contribution in [0.4, 0.5) is 4.79 Å². The summed E-state index contributed by atoms with van der Waals surface area (Å²) < 4.78 is 32.5. The van der Waals surface area contributed by atoms with Crippen LogP contribution >= 0.6 is 34.5 Å². The number of amides is 2. The molecule has 0 saturated carbocycles. The molecule has 3 rings (SSSR count). The van der Waals surface area contributed by atoms with Gasteiger partial charge in [-0.25, -0.2) is 18.0 Å². The first-order chi connectivity index (χ1) is 16.4. The van der Waals surface area contributed by atoms with E-state index in [1.54, 1.807) is 12.1 Å². The van der Waals surface area contributed by atoms with Gasteiger partial charge in [0.25, 0.3) is 0 Å². The minimum absolute atomic E-state index is 0.0100. The average Bonchev–Trinajstić information content (AvgIpc) is 3.41. The van der Waals surface area contributed by atoms with E-state index in [1.165, 1.54) is 37.2 Å². The molecule has 1 fully saturated rings. The first-order valence-electron chi connectivity index (χ1n) is 10.4. The summed E-state index contributed by atoms with van der Waals surface area (Å²) in [5.41, 5.74) is 0.568. The van der Waals surface area contributed by atoms with E-state index in [1.807, 2.05) is 0 Å². The van der Waals surface area contributed by atoms with Crippen LogP contribution in [0.5, 0.6) is 5.75 Å². The number of hydrogen-bond acceptors (Lipinski definition) is 7. The zero-order chi connectivity index (χ0) is 25.9. The van der Waals surface area contributed by atoms with Crippen molar-refractivity contribution in [1.82, 2.24) is 14.5 Å². The summed E-state index contributed by atoms with van der Waals surface area (Å²) in [6.07, 6.45) is 0.0424. The number of nitrogens with one attached hydrogen (secondary N) is 1. The van der Waals surface area contributed by atoms with E-state index in [-0.39, 0.29) is 38.7 Å². The average molecular weight is 564 g/mol. The van der Waals surface area contributed by atoms with Gasteiger partial charge in [-0.15, -0.1) is 11.3 Å². The molecule has 10 nitrogen and oxygen atoms in total. The summed E-state index contributed by atoms with van der Waals surface area (Å²) in [6, 6.07) is 5.03. The van der Waals surface area contributed by atoms with Crippen LogP contribution in [-0.4, -0.2) is 73.4 Å².